The topological polar surface area (TPSA) is 87.3 Å². The van der Waals surface area contributed by atoms with Gasteiger partial charge in [0.25, 0.3) is 0 Å². The summed E-state index contributed by atoms with van der Waals surface area (Å²) >= 11 is 0. The first-order valence-corrected chi connectivity index (χ1v) is 11.7. The van der Waals surface area contributed by atoms with Gasteiger partial charge < -0.3 is 10.6 Å². The molecule has 0 spiro atoms. The van der Waals surface area contributed by atoms with Crippen LogP contribution in [0.4, 0.5) is 0 Å². The van der Waals surface area contributed by atoms with E-state index < -0.39 is 16.1 Å². The Hall–Kier alpha value is -1.70. The first-order chi connectivity index (χ1) is 13.3. The molecule has 7 heteroatoms. The second kappa shape index (κ2) is 8.98. The lowest BCUT2D eigenvalue weighted by atomic mass is 9.79. The maximum atomic E-state index is 12.9. The molecule has 1 aliphatic heterocycles. The maximum Gasteiger partial charge on any atom is 0.238 e. The summed E-state index contributed by atoms with van der Waals surface area (Å²) in [6.07, 6.45) is 3.09. The highest BCUT2D eigenvalue weighted by atomic mass is 32.2. The lowest BCUT2D eigenvalue weighted by Gasteiger charge is -2.46. The normalized spacial score (nSPS) is 20.7. The van der Waals surface area contributed by atoms with Crippen molar-refractivity contribution in [1.29, 1.82) is 0 Å². The molecule has 6 nitrogen and oxygen atoms in total. The molecule has 1 atom stereocenters. The fourth-order valence-corrected chi connectivity index (χ4v) is 5.30. The zero-order valence-corrected chi connectivity index (χ0v) is 19.1. The third-order valence-electron chi connectivity index (χ3n) is 5.02. The van der Waals surface area contributed by atoms with Crippen LogP contribution in [0.25, 0.3) is 6.08 Å². The van der Waals surface area contributed by atoms with Gasteiger partial charge in [-0.05, 0) is 58.1 Å². The molecular weight excluding hydrogens is 386 g/mol. The summed E-state index contributed by atoms with van der Waals surface area (Å²) in [5.74, 6) is -0.465. The van der Waals surface area contributed by atoms with Gasteiger partial charge in [-0.2, -0.15) is 4.72 Å². The summed E-state index contributed by atoms with van der Waals surface area (Å²) < 4.78 is 27.6. The molecule has 1 aromatic carbocycles. The molecule has 1 saturated heterocycles. The van der Waals surface area contributed by atoms with Crippen LogP contribution in [0.5, 0.6) is 0 Å². The van der Waals surface area contributed by atoms with Crippen molar-refractivity contribution in [2.45, 2.75) is 77.5 Å². The predicted molar refractivity (Wildman–Crippen MR) is 119 cm³/mol. The first kappa shape index (κ1) is 23.6. The number of rotatable bonds is 7. The summed E-state index contributed by atoms with van der Waals surface area (Å²) in [4.78, 5) is 12.9. The van der Waals surface area contributed by atoms with E-state index in [2.05, 4.69) is 43.1 Å². The predicted octanol–water partition coefficient (Wildman–Crippen LogP) is 3.03. The molecular formula is C22H35N3O3S. The Labute approximate surface area is 175 Å². The number of nitrogens with one attached hydrogen (secondary N) is 3. The Morgan fingerprint density at radius 1 is 1.10 bits per heavy atom. The second-order valence-corrected chi connectivity index (χ2v) is 11.2. The van der Waals surface area contributed by atoms with Crippen molar-refractivity contribution < 1.29 is 13.2 Å². The minimum absolute atomic E-state index is 0.0145. The summed E-state index contributed by atoms with van der Waals surface area (Å²) in [5, 5.41) is 7.78. The van der Waals surface area contributed by atoms with Crippen molar-refractivity contribution in [3.8, 4) is 0 Å². The van der Waals surface area contributed by atoms with E-state index in [9.17, 15) is 13.2 Å². The van der Waals surface area contributed by atoms with Crippen molar-refractivity contribution >= 4 is 22.0 Å². The standard InChI is InChI=1S/C22H35N3O3S/c1-16(2)19(24-29(27,28)13-12-17-10-8-7-9-11-17)20(26)23-18-14-21(3,4)25-22(5,6)15-18/h7-13,16,18-19,24-25H,14-15H2,1-6H3,(H,23,26)/b13-12+. The van der Waals surface area contributed by atoms with Gasteiger partial charge in [-0.3, -0.25) is 4.79 Å². The van der Waals surface area contributed by atoms with Crippen LogP contribution in [-0.2, 0) is 14.8 Å². The van der Waals surface area contributed by atoms with Gasteiger partial charge in [0, 0.05) is 22.5 Å². The number of carbonyl (C=O) groups is 1. The van der Waals surface area contributed by atoms with Crippen molar-refractivity contribution in [2.75, 3.05) is 0 Å². The SMILES string of the molecule is CC(C)C(NS(=O)(=O)/C=C/c1ccccc1)C(=O)NC1CC(C)(C)NC(C)(C)C1. The van der Waals surface area contributed by atoms with Crippen LogP contribution in [-0.4, -0.2) is 37.5 Å². The van der Waals surface area contributed by atoms with Gasteiger partial charge >= 0.3 is 0 Å². The van der Waals surface area contributed by atoms with Gasteiger partial charge in [-0.1, -0.05) is 44.2 Å². The molecule has 0 aromatic heterocycles. The van der Waals surface area contributed by atoms with Gasteiger partial charge in [0.05, 0.1) is 0 Å². The van der Waals surface area contributed by atoms with Crippen LogP contribution in [0.3, 0.4) is 0 Å². The van der Waals surface area contributed by atoms with E-state index in [0.717, 1.165) is 23.8 Å². The van der Waals surface area contributed by atoms with E-state index >= 15 is 0 Å². The highest BCUT2D eigenvalue weighted by molar-refractivity contribution is 7.92. The fraction of sp³-hybridized carbons (Fsp3) is 0.591. The average Bonchev–Trinajstić information content (AvgIpc) is 2.56. The average molecular weight is 422 g/mol. The van der Waals surface area contributed by atoms with Crippen LogP contribution in [0, 0.1) is 5.92 Å². The quantitative estimate of drug-likeness (QED) is 0.632. The Morgan fingerprint density at radius 3 is 2.17 bits per heavy atom. The molecule has 1 heterocycles. The van der Waals surface area contributed by atoms with Gasteiger partial charge in [-0.25, -0.2) is 8.42 Å². The minimum atomic E-state index is -3.76. The molecule has 2 rings (SSSR count). The number of benzene rings is 1. The summed E-state index contributed by atoms with van der Waals surface area (Å²) in [5.41, 5.74) is 0.568. The Morgan fingerprint density at radius 2 is 1.66 bits per heavy atom. The van der Waals surface area contributed by atoms with Crippen molar-refractivity contribution in [3.63, 3.8) is 0 Å². The number of hydrogen-bond acceptors (Lipinski definition) is 4. The van der Waals surface area contributed by atoms with E-state index in [1.54, 1.807) is 0 Å². The maximum absolute atomic E-state index is 12.9. The van der Waals surface area contributed by atoms with E-state index in [1.165, 1.54) is 6.08 Å². The Balaban J connectivity index is 2.08. The lowest BCUT2D eigenvalue weighted by molar-refractivity contribution is -0.124. The van der Waals surface area contributed by atoms with E-state index in [4.69, 9.17) is 0 Å². The van der Waals surface area contributed by atoms with Crippen molar-refractivity contribution in [1.82, 2.24) is 15.4 Å². The number of piperidine rings is 1. The van der Waals surface area contributed by atoms with Gasteiger partial charge in [-0.15, -0.1) is 0 Å². The molecule has 3 N–H and O–H groups in total. The monoisotopic (exact) mass is 421 g/mol. The molecule has 1 unspecified atom stereocenters. The van der Waals surface area contributed by atoms with Crippen LogP contribution in [0.15, 0.2) is 35.7 Å². The van der Waals surface area contributed by atoms with E-state index in [-0.39, 0.29) is 28.9 Å². The fourth-order valence-electron chi connectivity index (χ4n) is 4.16. The highest BCUT2D eigenvalue weighted by Gasteiger charge is 2.39. The third kappa shape index (κ3) is 7.57. The van der Waals surface area contributed by atoms with Crippen LogP contribution < -0.4 is 15.4 Å². The summed E-state index contributed by atoms with van der Waals surface area (Å²) in [6.45, 7) is 12.1. The number of carbonyl (C=O) groups excluding carboxylic acids is 1. The van der Waals surface area contributed by atoms with Crippen molar-refractivity contribution in [2.24, 2.45) is 5.92 Å². The van der Waals surface area contributed by atoms with Gasteiger partial charge in [0.15, 0.2) is 0 Å². The smallest absolute Gasteiger partial charge is 0.238 e. The van der Waals surface area contributed by atoms with Crippen LogP contribution in [0.2, 0.25) is 0 Å². The highest BCUT2D eigenvalue weighted by Crippen LogP contribution is 2.28. The first-order valence-electron chi connectivity index (χ1n) is 10.1. The Kier molecular flexibility index (Phi) is 7.30. The summed E-state index contributed by atoms with van der Waals surface area (Å²) in [6, 6.07) is 8.34. The minimum Gasteiger partial charge on any atom is -0.352 e. The lowest BCUT2D eigenvalue weighted by Crippen LogP contribution is -2.63. The zero-order valence-electron chi connectivity index (χ0n) is 18.3. The zero-order chi connectivity index (χ0) is 21.9. The molecule has 0 saturated carbocycles. The molecule has 1 aromatic rings. The molecule has 1 fully saturated rings. The summed E-state index contributed by atoms with van der Waals surface area (Å²) in [7, 11) is -3.76. The molecule has 1 amide bonds. The molecule has 0 radical (unpaired) electrons. The molecule has 0 bridgehead atoms. The Bertz CT molecular complexity index is 814. The number of hydrogen-bond donors (Lipinski definition) is 3. The largest absolute Gasteiger partial charge is 0.352 e. The number of sulfonamides is 1. The van der Waals surface area contributed by atoms with Crippen LogP contribution >= 0.6 is 0 Å². The third-order valence-corrected chi connectivity index (χ3v) is 6.09. The molecule has 29 heavy (non-hydrogen) atoms. The van der Waals surface area contributed by atoms with E-state index in [1.807, 2.05) is 44.2 Å². The van der Waals surface area contributed by atoms with Gasteiger partial charge in [0.2, 0.25) is 15.9 Å². The van der Waals surface area contributed by atoms with Crippen LogP contribution in [0.1, 0.15) is 59.9 Å². The van der Waals surface area contributed by atoms with Crippen molar-refractivity contribution in [3.05, 3.63) is 41.3 Å². The molecule has 162 valence electrons. The number of amides is 1. The molecule has 0 aliphatic carbocycles. The van der Waals surface area contributed by atoms with Gasteiger partial charge in [0.1, 0.15) is 6.04 Å². The van der Waals surface area contributed by atoms with E-state index in [0.29, 0.717) is 0 Å². The second-order valence-electron chi connectivity index (χ2n) is 9.60. The molecule has 1 aliphatic rings.